The zero-order chi connectivity index (χ0) is 19.8. The van der Waals surface area contributed by atoms with Gasteiger partial charge in [0.1, 0.15) is 0 Å². The van der Waals surface area contributed by atoms with Crippen LogP contribution < -0.4 is 5.73 Å². The standard InChI is InChI=1S/C23H21N3O2S/c24-23(27)22-21(17-6-1-2-9-20(17)29-22)19-14-26(11-12-28-19)13-15-5-3-8-18-16(15)7-4-10-25-18/h1-10,19H,11-14H2,(H2,24,27). The molecule has 1 saturated heterocycles. The van der Waals surface area contributed by atoms with Crippen molar-refractivity contribution >= 4 is 38.2 Å². The van der Waals surface area contributed by atoms with Crippen LogP contribution in [0.1, 0.15) is 26.9 Å². The van der Waals surface area contributed by atoms with Crippen molar-refractivity contribution in [1.29, 1.82) is 0 Å². The number of thiophene rings is 1. The number of aromatic nitrogens is 1. The summed E-state index contributed by atoms with van der Waals surface area (Å²) in [5.41, 5.74) is 8.89. The third-order valence-corrected chi connectivity index (χ3v) is 6.66. The van der Waals surface area contributed by atoms with E-state index >= 15 is 0 Å². The summed E-state index contributed by atoms with van der Waals surface area (Å²) in [4.78, 5) is 19.6. The largest absolute Gasteiger partial charge is 0.371 e. The summed E-state index contributed by atoms with van der Waals surface area (Å²) in [5, 5.41) is 2.24. The second kappa shape index (κ2) is 7.55. The topological polar surface area (TPSA) is 68.5 Å². The Morgan fingerprint density at radius 1 is 1.14 bits per heavy atom. The van der Waals surface area contributed by atoms with Crippen molar-refractivity contribution in [2.24, 2.45) is 5.73 Å². The van der Waals surface area contributed by atoms with E-state index in [9.17, 15) is 4.79 Å². The summed E-state index contributed by atoms with van der Waals surface area (Å²) in [6.07, 6.45) is 1.65. The highest BCUT2D eigenvalue weighted by Gasteiger charge is 2.29. The van der Waals surface area contributed by atoms with Crippen molar-refractivity contribution in [2.75, 3.05) is 19.7 Å². The highest BCUT2D eigenvalue weighted by atomic mass is 32.1. The fraction of sp³-hybridized carbons (Fsp3) is 0.217. The van der Waals surface area contributed by atoms with Crippen LogP contribution in [0.4, 0.5) is 0 Å². The summed E-state index contributed by atoms with van der Waals surface area (Å²) in [6, 6.07) is 18.4. The smallest absolute Gasteiger partial charge is 0.259 e. The van der Waals surface area contributed by atoms with Gasteiger partial charge in [-0.2, -0.15) is 0 Å². The average Bonchev–Trinajstić information content (AvgIpc) is 3.14. The number of primary amides is 1. The number of ether oxygens (including phenoxy) is 1. The molecule has 1 aliphatic heterocycles. The SMILES string of the molecule is NC(=O)c1sc2ccccc2c1C1CN(Cc2cccc3ncccc23)CCO1. The van der Waals surface area contributed by atoms with Gasteiger partial charge in [0.2, 0.25) is 0 Å². The number of pyridine rings is 1. The summed E-state index contributed by atoms with van der Waals surface area (Å²) in [7, 11) is 0. The summed E-state index contributed by atoms with van der Waals surface area (Å²) in [5.74, 6) is -0.387. The third-order valence-electron chi connectivity index (χ3n) is 5.46. The number of rotatable bonds is 4. The number of carbonyl (C=O) groups excluding carboxylic acids is 1. The second-order valence-electron chi connectivity index (χ2n) is 7.29. The fourth-order valence-corrected chi connectivity index (χ4v) is 5.24. The molecule has 1 unspecified atom stereocenters. The van der Waals surface area contributed by atoms with Crippen LogP contribution in [0.2, 0.25) is 0 Å². The van der Waals surface area contributed by atoms with Gasteiger partial charge in [0.15, 0.2) is 0 Å². The number of amides is 1. The zero-order valence-electron chi connectivity index (χ0n) is 15.9. The van der Waals surface area contributed by atoms with Crippen molar-refractivity contribution in [1.82, 2.24) is 9.88 Å². The Morgan fingerprint density at radius 2 is 2.00 bits per heavy atom. The number of benzene rings is 2. The molecule has 6 heteroatoms. The van der Waals surface area contributed by atoms with E-state index in [0.717, 1.165) is 40.8 Å². The van der Waals surface area contributed by atoms with Crippen molar-refractivity contribution in [3.05, 3.63) is 76.8 Å². The minimum Gasteiger partial charge on any atom is -0.371 e. The van der Waals surface area contributed by atoms with Gasteiger partial charge in [-0.15, -0.1) is 11.3 Å². The fourth-order valence-electron chi connectivity index (χ4n) is 4.13. The Kier molecular flexibility index (Phi) is 4.75. The van der Waals surface area contributed by atoms with Gasteiger partial charge >= 0.3 is 0 Å². The lowest BCUT2D eigenvalue weighted by atomic mass is 10.0. The lowest BCUT2D eigenvalue weighted by molar-refractivity contribution is -0.0321. The molecule has 2 N–H and O–H groups in total. The molecule has 5 nitrogen and oxygen atoms in total. The van der Waals surface area contributed by atoms with E-state index in [1.165, 1.54) is 22.3 Å². The molecule has 0 spiro atoms. The molecular weight excluding hydrogens is 382 g/mol. The Morgan fingerprint density at radius 3 is 2.90 bits per heavy atom. The zero-order valence-corrected chi connectivity index (χ0v) is 16.7. The minimum atomic E-state index is -0.387. The predicted molar refractivity (Wildman–Crippen MR) is 116 cm³/mol. The molecule has 2 aromatic carbocycles. The maximum Gasteiger partial charge on any atom is 0.259 e. The van der Waals surface area contributed by atoms with Gasteiger partial charge in [-0.05, 0) is 29.1 Å². The van der Waals surface area contributed by atoms with Gasteiger partial charge in [-0.1, -0.05) is 36.4 Å². The number of nitrogens with two attached hydrogens (primary N) is 1. The molecule has 0 bridgehead atoms. The predicted octanol–water partition coefficient (Wildman–Crippen LogP) is 4.12. The number of fused-ring (bicyclic) bond motifs is 2. The van der Waals surface area contributed by atoms with Crippen LogP contribution in [0.25, 0.3) is 21.0 Å². The average molecular weight is 404 g/mol. The Hall–Kier alpha value is -2.80. The molecule has 3 heterocycles. The van der Waals surface area contributed by atoms with Gasteiger partial charge in [0, 0.05) is 41.5 Å². The van der Waals surface area contributed by atoms with Crippen molar-refractivity contribution < 1.29 is 9.53 Å². The molecule has 4 aromatic rings. The van der Waals surface area contributed by atoms with Crippen molar-refractivity contribution in [3.8, 4) is 0 Å². The van der Waals surface area contributed by atoms with Crippen molar-refractivity contribution in [2.45, 2.75) is 12.6 Å². The van der Waals surface area contributed by atoms with Crippen molar-refractivity contribution in [3.63, 3.8) is 0 Å². The monoisotopic (exact) mass is 403 g/mol. The van der Waals surface area contributed by atoms with E-state index in [1.807, 2.05) is 42.6 Å². The number of hydrogen-bond donors (Lipinski definition) is 1. The Balaban J connectivity index is 1.46. The molecule has 0 saturated carbocycles. The van der Waals surface area contributed by atoms with E-state index in [4.69, 9.17) is 10.5 Å². The third kappa shape index (κ3) is 3.40. The molecule has 0 radical (unpaired) electrons. The molecule has 1 atom stereocenters. The highest BCUT2D eigenvalue weighted by Crippen LogP contribution is 2.38. The molecule has 0 aliphatic carbocycles. The first-order chi connectivity index (χ1) is 14.2. The number of carbonyl (C=O) groups is 1. The summed E-state index contributed by atoms with van der Waals surface area (Å²) >= 11 is 1.45. The first-order valence-electron chi connectivity index (χ1n) is 9.68. The number of hydrogen-bond acceptors (Lipinski definition) is 5. The first kappa shape index (κ1) is 18.2. The van der Waals surface area contributed by atoms with Crippen LogP contribution in [-0.2, 0) is 11.3 Å². The van der Waals surface area contributed by atoms with Gasteiger partial charge in [-0.3, -0.25) is 14.7 Å². The van der Waals surface area contributed by atoms with E-state index in [-0.39, 0.29) is 12.0 Å². The van der Waals surface area contributed by atoms with Crippen LogP contribution in [0.5, 0.6) is 0 Å². The normalized spacial score (nSPS) is 17.7. The minimum absolute atomic E-state index is 0.171. The van der Waals surface area contributed by atoms with Crippen LogP contribution in [0.3, 0.4) is 0 Å². The summed E-state index contributed by atoms with van der Waals surface area (Å²) < 4.78 is 7.19. The molecule has 1 amide bonds. The van der Waals surface area contributed by atoms with Crippen LogP contribution >= 0.6 is 11.3 Å². The van der Waals surface area contributed by atoms with E-state index < -0.39 is 0 Å². The van der Waals surface area contributed by atoms with Crippen LogP contribution in [0.15, 0.2) is 60.8 Å². The number of morpholine rings is 1. The van der Waals surface area contributed by atoms with Crippen LogP contribution in [0, 0.1) is 0 Å². The first-order valence-corrected chi connectivity index (χ1v) is 10.5. The van der Waals surface area contributed by atoms with Gasteiger partial charge < -0.3 is 10.5 Å². The second-order valence-corrected chi connectivity index (χ2v) is 8.34. The molecule has 1 aliphatic rings. The van der Waals surface area contributed by atoms with Gasteiger partial charge in [-0.25, -0.2) is 0 Å². The van der Waals surface area contributed by atoms with E-state index in [1.54, 1.807) is 0 Å². The Bertz CT molecular complexity index is 1200. The van der Waals surface area contributed by atoms with E-state index in [0.29, 0.717) is 11.5 Å². The Labute approximate surface area is 172 Å². The summed E-state index contributed by atoms with van der Waals surface area (Å²) in [6.45, 7) is 3.01. The lowest BCUT2D eigenvalue weighted by Gasteiger charge is -2.33. The highest BCUT2D eigenvalue weighted by molar-refractivity contribution is 7.21. The molecule has 5 rings (SSSR count). The maximum atomic E-state index is 12.1. The molecule has 1 fully saturated rings. The molecule has 2 aromatic heterocycles. The molecular formula is C23H21N3O2S. The molecule has 29 heavy (non-hydrogen) atoms. The lowest BCUT2D eigenvalue weighted by Crippen LogP contribution is -2.38. The van der Waals surface area contributed by atoms with Gasteiger partial charge in [0.05, 0.1) is 23.1 Å². The van der Waals surface area contributed by atoms with Crippen LogP contribution in [-0.4, -0.2) is 35.5 Å². The quantitative estimate of drug-likeness (QED) is 0.556. The molecule has 146 valence electrons. The van der Waals surface area contributed by atoms with Gasteiger partial charge in [0.25, 0.3) is 5.91 Å². The number of nitrogens with zero attached hydrogens (tertiary/aromatic N) is 2. The van der Waals surface area contributed by atoms with E-state index in [2.05, 4.69) is 28.1 Å². The maximum absolute atomic E-state index is 12.1.